The smallest absolute Gasteiger partial charge is 0.336 e. The van der Waals surface area contributed by atoms with E-state index in [2.05, 4.69) is 0 Å². The molecular formula is C25H32O7. The zero-order valence-corrected chi connectivity index (χ0v) is 19.8. The van der Waals surface area contributed by atoms with E-state index in [1.54, 1.807) is 32.9 Å². The van der Waals surface area contributed by atoms with E-state index in [-0.39, 0.29) is 30.3 Å². The Kier molecular flexibility index (Phi) is 6.67. The highest BCUT2D eigenvalue weighted by Crippen LogP contribution is 2.47. The summed E-state index contributed by atoms with van der Waals surface area (Å²) in [6, 6.07) is 4.98. The first-order valence-corrected chi connectivity index (χ1v) is 11.0. The largest absolute Gasteiger partial charge is 0.483 e. The standard InChI is InChI=1S/C25H32O7/c1-13(2)10-18(26)30-23-21-17(9-8-16-15(5)12-20(28)29-22(16)21)32-25(6,7)24(23)31-19(27)11-14(3)4/h8-9,12-14,23-24H,10-11H2,1-7H3/t23-,24-/m0/s1. The van der Waals surface area contributed by atoms with Gasteiger partial charge in [-0.15, -0.1) is 0 Å². The van der Waals surface area contributed by atoms with E-state index in [9.17, 15) is 14.4 Å². The minimum absolute atomic E-state index is 0.0875. The molecule has 3 rings (SSSR count). The Hall–Kier alpha value is -2.83. The molecule has 7 heteroatoms. The van der Waals surface area contributed by atoms with Gasteiger partial charge in [0.25, 0.3) is 0 Å². The molecule has 0 amide bonds. The fourth-order valence-corrected chi connectivity index (χ4v) is 3.97. The Morgan fingerprint density at radius 2 is 1.62 bits per heavy atom. The summed E-state index contributed by atoms with van der Waals surface area (Å²) < 4.78 is 23.5. The first kappa shape index (κ1) is 23.8. The second kappa shape index (κ2) is 8.96. The van der Waals surface area contributed by atoms with Crippen molar-refractivity contribution in [2.24, 2.45) is 11.8 Å². The number of hydrogen-bond donors (Lipinski definition) is 0. The summed E-state index contributed by atoms with van der Waals surface area (Å²) in [6.45, 7) is 13.0. The zero-order valence-electron chi connectivity index (χ0n) is 19.8. The maximum absolute atomic E-state index is 12.7. The van der Waals surface area contributed by atoms with Crippen molar-refractivity contribution in [2.45, 2.75) is 79.1 Å². The summed E-state index contributed by atoms with van der Waals surface area (Å²) in [7, 11) is 0. The van der Waals surface area contributed by atoms with Gasteiger partial charge in [0, 0.05) is 24.3 Å². The first-order valence-electron chi connectivity index (χ1n) is 11.0. The van der Waals surface area contributed by atoms with Gasteiger partial charge < -0.3 is 18.6 Å². The van der Waals surface area contributed by atoms with Gasteiger partial charge in [-0.2, -0.15) is 0 Å². The Morgan fingerprint density at radius 1 is 1.03 bits per heavy atom. The van der Waals surface area contributed by atoms with E-state index in [4.69, 9.17) is 18.6 Å². The average molecular weight is 445 g/mol. The SMILES string of the molecule is Cc1cc(=O)oc2c3c(ccc12)OC(C)(C)[C@@H](OC(=O)CC(C)C)[C@H]3OC(=O)CC(C)C. The van der Waals surface area contributed by atoms with Crippen LogP contribution in [0.1, 0.15) is 71.6 Å². The van der Waals surface area contributed by atoms with E-state index < -0.39 is 35.4 Å². The van der Waals surface area contributed by atoms with E-state index in [0.29, 0.717) is 16.7 Å². The van der Waals surface area contributed by atoms with Gasteiger partial charge in [0.05, 0.1) is 5.56 Å². The minimum Gasteiger partial charge on any atom is -0.483 e. The molecule has 7 nitrogen and oxygen atoms in total. The number of carbonyl (C=O) groups excluding carboxylic acids is 2. The highest BCUT2D eigenvalue weighted by Gasteiger charge is 2.50. The van der Waals surface area contributed by atoms with Crippen molar-refractivity contribution < 1.29 is 28.2 Å². The molecule has 0 fully saturated rings. The molecule has 0 saturated carbocycles. The third-order valence-electron chi connectivity index (χ3n) is 5.40. The molecule has 1 aliphatic heterocycles. The van der Waals surface area contributed by atoms with E-state index >= 15 is 0 Å². The number of hydrogen-bond acceptors (Lipinski definition) is 7. The van der Waals surface area contributed by atoms with E-state index in [1.165, 1.54) is 6.07 Å². The Morgan fingerprint density at radius 3 is 2.22 bits per heavy atom. The predicted octanol–water partition coefficient (Wildman–Crippen LogP) is 4.86. The lowest BCUT2D eigenvalue weighted by molar-refractivity contribution is -0.191. The van der Waals surface area contributed by atoms with Crippen LogP contribution in [0.3, 0.4) is 0 Å². The molecule has 0 saturated heterocycles. The Bertz CT molecular complexity index is 1080. The number of benzene rings is 1. The van der Waals surface area contributed by atoms with Crippen LogP contribution in [0, 0.1) is 18.8 Å². The van der Waals surface area contributed by atoms with Crippen LogP contribution in [0.5, 0.6) is 5.75 Å². The van der Waals surface area contributed by atoms with Gasteiger partial charge in [0.15, 0.2) is 12.2 Å². The molecule has 174 valence electrons. The quantitative estimate of drug-likeness (QED) is 0.464. The Labute approximate surface area is 188 Å². The predicted molar refractivity (Wildman–Crippen MR) is 120 cm³/mol. The molecule has 0 N–H and O–H groups in total. The van der Waals surface area contributed by atoms with Crippen LogP contribution in [0.2, 0.25) is 0 Å². The van der Waals surface area contributed by atoms with Crippen molar-refractivity contribution in [3.63, 3.8) is 0 Å². The van der Waals surface area contributed by atoms with E-state index in [0.717, 1.165) is 5.56 Å². The number of ether oxygens (including phenoxy) is 3. The number of rotatable bonds is 6. The molecule has 2 atom stereocenters. The van der Waals surface area contributed by atoms with Crippen molar-refractivity contribution in [2.75, 3.05) is 0 Å². The maximum atomic E-state index is 12.7. The highest BCUT2D eigenvalue weighted by molar-refractivity contribution is 5.86. The fraction of sp³-hybridized carbons (Fsp3) is 0.560. The molecule has 0 radical (unpaired) electrons. The van der Waals surface area contributed by atoms with Crippen molar-refractivity contribution >= 4 is 22.9 Å². The molecule has 1 aromatic carbocycles. The third kappa shape index (κ3) is 4.97. The maximum Gasteiger partial charge on any atom is 0.336 e. The van der Waals surface area contributed by atoms with Crippen LogP contribution >= 0.6 is 0 Å². The van der Waals surface area contributed by atoms with Crippen molar-refractivity contribution in [1.29, 1.82) is 0 Å². The molecule has 0 aliphatic carbocycles. The van der Waals surface area contributed by atoms with Crippen LogP contribution in [-0.4, -0.2) is 23.6 Å². The first-order chi connectivity index (χ1) is 14.9. The Balaban J connectivity index is 2.18. The third-order valence-corrected chi connectivity index (χ3v) is 5.40. The molecule has 0 bridgehead atoms. The van der Waals surface area contributed by atoms with Crippen LogP contribution in [0.15, 0.2) is 27.4 Å². The number of carbonyl (C=O) groups is 2. The zero-order chi connectivity index (χ0) is 23.8. The molecule has 32 heavy (non-hydrogen) atoms. The lowest BCUT2D eigenvalue weighted by atomic mass is 9.86. The van der Waals surface area contributed by atoms with Crippen molar-refractivity contribution in [1.82, 2.24) is 0 Å². The van der Waals surface area contributed by atoms with Crippen LogP contribution < -0.4 is 10.4 Å². The monoisotopic (exact) mass is 444 g/mol. The van der Waals surface area contributed by atoms with Gasteiger partial charge in [-0.05, 0) is 50.3 Å². The molecule has 1 aliphatic rings. The number of esters is 2. The minimum atomic E-state index is -0.986. The molecule has 0 unspecified atom stereocenters. The number of aryl methyl sites for hydroxylation is 1. The van der Waals surface area contributed by atoms with Gasteiger partial charge in [-0.25, -0.2) is 4.79 Å². The highest BCUT2D eigenvalue weighted by atomic mass is 16.6. The van der Waals surface area contributed by atoms with Gasteiger partial charge >= 0.3 is 17.6 Å². The van der Waals surface area contributed by atoms with Crippen molar-refractivity contribution in [3.05, 3.63) is 39.7 Å². The lowest BCUT2D eigenvalue weighted by Crippen LogP contribution is -2.52. The summed E-state index contributed by atoms with van der Waals surface area (Å²) in [6.07, 6.45) is -1.48. The summed E-state index contributed by atoms with van der Waals surface area (Å²) in [5, 5.41) is 0.698. The second-order valence-electron chi connectivity index (χ2n) is 9.82. The molecule has 0 spiro atoms. The van der Waals surface area contributed by atoms with Gasteiger partial charge in [-0.1, -0.05) is 27.7 Å². The fourth-order valence-electron chi connectivity index (χ4n) is 3.97. The summed E-state index contributed by atoms with van der Waals surface area (Å²) in [4.78, 5) is 37.5. The lowest BCUT2D eigenvalue weighted by Gasteiger charge is -2.43. The van der Waals surface area contributed by atoms with Gasteiger partial charge in [0.1, 0.15) is 16.9 Å². The summed E-state index contributed by atoms with van der Waals surface area (Å²) in [5.41, 5.74) is -0.101. The molecular weight excluding hydrogens is 412 g/mol. The van der Waals surface area contributed by atoms with Gasteiger partial charge in [-0.3, -0.25) is 9.59 Å². The average Bonchev–Trinajstić information content (AvgIpc) is 2.62. The van der Waals surface area contributed by atoms with Crippen molar-refractivity contribution in [3.8, 4) is 5.75 Å². The summed E-state index contributed by atoms with van der Waals surface area (Å²) in [5.74, 6) is -0.219. The molecule has 1 aromatic heterocycles. The molecule has 2 aromatic rings. The van der Waals surface area contributed by atoms with Gasteiger partial charge in [0.2, 0.25) is 0 Å². The van der Waals surface area contributed by atoms with Crippen LogP contribution in [0.25, 0.3) is 11.0 Å². The normalized spacial score (nSPS) is 19.5. The number of fused-ring (bicyclic) bond motifs is 3. The second-order valence-corrected chi connectivity index (χ2v) is 9.82. The van der Waals surface area contributed by atoms with Crippen LogP contribution in [-0.2, 0) is 19.1 Å². The van der Waals surface area contributed by atoms with E-state index in [1.807, 2.05) is 27.7 Å². The summed E-state index contributed by atoms with van der Waals surface area (Å²) >= 11 is 0. The molecule has 2 heterocycles. The topological polar surface area (TPSA) is 92.0 Å². The van der Waals surface area contributed by atoms with Crippen LogP contribution in [0.4, 0.5) is 0 Å².